The molecule has 2 amide bonds. The van der Waals surface area contributed by atoms with Gasteiger partial charge in [0.15, 0.2) is 0 Å². The molecule has 2 aliphatic heterocycles. The smallest absolute Gasteiger partial charge is 0.228 e. The molecule has 3 rings (SSSR count). The Morgan fingerprint density at radius 2 is 2.11 bits per heavy atom. The third-order valence-electron chi connectivity index (χ3n) is 5.04. The molecule has 2 heterocycles. The Labute approximate surface area is 114 Å². The third kappa shape index (κ3) is 1.97. The van der Waals surface area contributed by atoms with E-state index in [1.54, 1.807) is 0 Å². The molecule has 0 aromatic rings. The van der Waals surface area contributed by atoms with Gasteiger partial charge in [0.1, 0.15) is 0 Å². The molecule has 0 aromatic carbocycles. The van der Waals surface area contributed by atoms with Crippen LogP contribution in [0.1, 0.15) is 26.2 Å². The number of likely N-dealkylation sites (tertiary alicyclic amines) is 2. The second-order valence-corrected chi connectivity index (χ2v) is 6.57. The first-order valence-electron chi connectivity index (χ1n) is 7.21. The minimum absolute atomic E-state index is 0.0525. The number of allylic oxidation sites excluding steroid dienone is 2. The number of fused-ring (bicyclic) bond motifs is 1. The van der Waals surface area contributed by atoms with Gasteiger partial charge in [0.05, 0.1) is 11.3 Å². The van der Waals surface area contributed by atoms with E-state index >= 15 is 0 Å². The summed E-state index contributed by atoms with van der Waals surface area (Å²) in [6.07, 6.45) is 7.04. The maximum Gasteiger partial charge on any atom is 0.228 e. The van der Waals surface area contributed by atoms with Crippen LogP contribution >= 0.6 is 0 Å². The van der Waals surface area contributed by atoms with E-state index in [0.29, 0.717) is 12.5 Å². The predicted octanol–water partition coefficient (Wildman–Crippen LogP) is 1.28. The lowest BCUT2D eigenvalue weighted by atomic mass is 9.78. The summed E-state index contributed by atoms with van der Waals surface area (Å²) < 4.78 is 0. The minimum Gasteiger partial charge on any atom is -0.345 e. The highest BCUT2D eigenvalue weighted by Gasteiger charge is 2.48. The summed E-state index contributed by atoms with van der Waals surface area (Å²) >= 11 is 0. The lowest BCUT2D eigenvalue weighted by Crippen LogP contribution is -2.43. The van der Waals surface area contributed by atoms with Crippen molar-refractivity contribution in [2.24, 2.45) is 17.3 Å². The van der Waals surface area contributed by atoms with Crippen molar-refractivity contribution < 1.29 is 9.59 Å². The second kappa shape index (κ2) is 4.36. The number of carbonyl (C=O) groups excluding carboxylic acids is 2. The molecule has 1 unspecified atom stereocenters. The van der Waals surface area contributed by atoms with Crippen molar-refractivity contribution in [3.8, 4) is 0 Å². The molecule has 4 heteroatoms. The van der Waals surface area contributed by atoms with Crippen LogP contribution in [0.25, 0.3) is 0 Å². The number of hydrogen-bond donors (Lipinski definition) is 0. The van der Waals surface area contributed by atoms with Gasteiger partial charge in [-0.1, -0.05) is 19.1 Å². The first kappa shape index (κ1) is 12.7. The molecule has 4 nitrogen and oxygen atoms in total. The standard InChI is InChI=1S/C15H22N2O2/c1-15(6-4-3-5-7-15)14(19)17-9-11-8-16(2)13(18)12(11)10-17/h3-4,11-12H,5-10H2,1-2H3/t11-,12+,15?/m1/s1. The number of rotatable bonds is 1. The lowest BCUT2D eigenvalue weighted by molar-refractivity contribution is -0.141. The molecule has 0 aromatic heterocycles. The van der Waals surface area contributed by atoms with E-state index in [4.69, 9.17) is 0 Å². The molecule has 0 N–H and O–H groups in total. The van der Waals surface area contributed by atoms with E-state index in [0.717, 1.165) is 32.4 Å². The van der Waals surface area contributed by atoms with E-state index < -0.39 is 0 Å². The molecule has 3 aliphatic rings. The van der Waals surface area contributed by atoms with Gasteiger partial charge in [-0.15, -0.1) is 0 Å². The highest BCUT2D eigenvalue weighted by Crippen LogP contribution is 2.38. The van der Waals surface area contributed by atoms with Crippen LogP contribution in [0.3, 0.4) is 0 Å². The molecule has 3 atom stereocenters. The lowest BCUT2D eigenvalue weighted by Gasteiger charge is -2.34. The first-order valence-corrected chi connectivity index (χ1v) is 7.21. The molecule has 0 saturated carbocycles. The topological polar surface area (TPSA) is 40.6 Å². The van der Waals surface area contributed by atoms with E-state index in [2.05, 4.69) is 19.1 Å². The fourth-order valence-electron chi connectivity index (χ4n) is 3.77. The van der Waals surface area contributed by atoms with Crippen LogP contribution in [0, 0.1) is 17.3 Å². The Hall–Kier alpha value is -1.32. The largest absolute Gasteiger partial charge is 0.345 e. The van der Waals surface area contributed by atoms with Gasteiger partial charge in [-0.05, 0) is 19.3 Å². The van der Waals surface area contributed by atoms with Gasteiger partial charge < -0.3 is 9.80 Å². The van der Waals surface area contributed by atoms with Crippen LogP contribution in [0.15, 0.2) is 12.2 Å². The van der Waals surface area contributed by atoms with Gasteiger partial charge in [0.25, 0.3) is 0 Å². The Morgan fingerprint density at radius 3 is 2.74 bits per heavy atom. The van der Waals surface area contributed by atoms with Gasteiger partial charge in [0, 0.05) is 32.6 Å². The van der Waals surface area contributed by atoms with Gasteiger partial charge in [-0.25, -0.2) is 0 Å². The summed E-state index contributed by atoms with van der Waals surface area (Å²) in [5.41, 5.74) is -0.248. The van der Waals surface area contributed by atoms with Crippen LogP contribution < -0.4 is 0 Å². The molecule has 0 radical (unpaired) electrons. The summed E-state index contributed by atoms with van der Waals surface area (Å²) in [5, 5.41) is 0. The van der Waals surface area contributed by atoms with E-state index in [9.17, 15) is 9.59 Å². The molecule has 2 fully saturated rings. The van der Waals surface area contributed by atoms with Crippen LogP contribution in [0.4, 0.5) is 0 Å². The molecular formula is C15H22N2O2. The Kier molecular flexibility index (Phi) is 2.91. The Morgan fingerprint density at radius 1 is 1.32 bits per heavy atom. The maximum atomic E-state index is 12.7. The quantitative estimate of drug-likeness (QED) is 0.668. The monoisotopic (exact) mass is 262 g/mol. The molecule has 104 valence electrons. The fraction of sp³-hybridized carbons (Fsp3) is 0.733. The highest BCUT2D eigenvalue weighted by atomic mass is 16.2. The van der Waals surface area contributed by atoms with Crippen molar-refractivity contribution in [2.75, 3.05) is 26.7 Å². The number of carbonyl (C=O) groups is 2. The summed E-state index contributed by atoms with van der Waals surface area (Å²) in [7, 11) is 1.86. The SMILES string of the molecule is CN1C[C@@H]2CN(C(=O)C3(C)CC=CCC3)C[C@@H]2C1=O. The predicted molar refractivity (Wildman–Crippen MR) is 72.3 cm³/mol. The van der Waals surface area contributed by atoms with Crippen molar-refractivity contribution in [3.05, 3.63) is 12.2 Å². The minimum atomic E-state index is -0.248. The van der Waals surface area contributed by atoms with Crippen LogP contribution in [0.5, 0.6) is 0 Å². The van der Waals surface area contributed by atoms with Gasteiger partial charge in [-0.2, -0.15) is 0 Å². The summed E-state index contributed by atoms with van der Waals surface area (Å²) in [5.74, 6) is 0.872. The van der Waals surface area contributed by atoms with E-state index in [1.165, 1.54) is 0 Å². The van der Waals surface area contributed by atoms with Crippen molar-refractivity contribution in [1.29, 1.82) is 0 Å². The highest BCUT2D eigenvalue weighted by molar-refractivity contribution is 5.86. The average Bonchev–Trinajstić information content (AvgIpc) is 2.91. The van der Waals surface area contributed by atoms with Gasteiger partial charge in [-0.3, -0.25) is 9.59 Å². The zero-order valence-corrected chi connectivity index (χ0v) is 11.8. The number of nitrogens with zero attached hydrogens (tertiary/aromatic N) is 2. The zero-order valence-electron chi connectivity index (χ0n) is 11.8. The summed E-state index contributed by atoms with van der Waals surface area (Å²) in [6, 6.07) is 0. The van der Waals surface area contributed by atoms with Crippen LogP contribution in [-0.4, -0.2) is 48.3 Å². The van der Waals surface area contributed by atoms with Crippen molar-refractivity contribution in [2.45, 2.75) is 26.2 Å². The maximum absolute atomic E-state index is 12.7. The van der Waals surface area contributed by atoms with Crippen molar-refractivity contribution in [1.82, 2.24) is 9.80 Å². The Balaban J connectivity index is 1.70. The van der Waals surface area contributed by atoms with Gasteiger partial charge >= 0.3 is 0 Å². The van der Waals surface area contributed by atoms with Crippen molar-refractivity contribution in [3.63, 3.8) is 0 Å². The molecule has 1 aliphatic carbocycles. The van der Waals surface area contributed by atoms with Crippen molar-refractivity contribution >= 4 is 11.8 Å². The summed E-state index contributed by atoms with van der Waals surface area (Å²) in [4.78, 5) is 28.4. The second-order valence-electron chi connectivity index (χ2n) is 6.57. The normalized spacial score (nSPS) is 37.9. The van der Waals surface area contributed by atoms with E-state index in [-0.39, 0.29) is 23.1 Å². The van der Waals surface area contributed by atoms with E-state index in [1.807, 2.05) is 16.8 Å². The molecular weight excluding hydrogens is 240 g/mol. The van der Waals surface area contributed by atoms with Crippen LogP contribution in [0.2, 0.25) is 0 Å². The molecule has 19 heavy (non-hydrogen) atoms. The molecule has 0 bridgehead atoms. The number of amides is 2. The Bertz CT molecular complexity index is 445. The van der Waals surface area contributed by atoms with Crippen LogP contribution in [-0.2, 0) is 9.59 Å². The first-order chi connectivity index (χ1) is 9.01. The summed E-state index contributed by atoms with van der Waals surface area (Å²) in [6.45, 7) is 4.27. The molecule has 2 saturated heterocycles. The third-order valence-corrected chi connectivity index (χ3v) is 5.04. The van der Waals surface area contributed by atoms with Gasteiger partial charge in [0.2, 0.25) is 11.8 Å². The number of hydrogen-bond acceptors (Lipinski definition) is 2. The molecule has 0 spiro atoms. The average molecular weight is 262 g/mol. The fourth-order valence-corrected chi connectivity index (χ4v) is 3.77. The zero-order chi connectivity index (χ0) is 13.6.